The van der Waals surface area contributed by atoms with Crippen molar-refractivity contribution in [3.05, 3.63) is 24.4 Å². The minimum absolute atomic E-state index is 0.300. The SMILES string of the molecule is C=C(/C=C\C)N1CCN(C(C)(C)C)CC1.CC. The maximum atomic E-state index is 4.08. The molecule has 1 heterocycles. The van der Waals surface area contributed by atoms with E-state index in [-0.39, 0.29) is 0 Å². The average Bonchev–Trinajstić information content (AvgIpc) is 2.31. The molecule has 1 saturated heterocycles. The predicted octanol–water partition coefficient (Wildman–Crippen LogP) is 3.52. The van der Waals surface area contributed by atoms with E-state index in [0.717, 1.165) is 31.9 Å². The van der Waals surface area contributed by atoms with Gasteiger partial charge in [0, 0.05) is 37.4 Å². The Bertz CT molecular complexity index is 240. The smallest absolute Gasteiger partial charge is 0.0306 e. The van der Waals surface area contributed by atoms with Crippen LogP contribution in [0.3, 0.4) is 0 Å². The van der Waals surface area contributed by atoms with Crippen molar-refractivity contribution >= 4 is 0 Å². The van der Waals surface area contributed by atoms with Crippen LogP contribution >= 0.6 is 0 Å². The lowest BCUT2D eigenvalue weighted by molar-refractivity contribution is 0.0780. The predicted molar refractivity (Wildman–Crippen MR) is 78.2 cm³/mol. The van der Waals surface area contributed by atoms with E-state index in [9.17, 15) is 0 Å². The highest BCUT2D eigenvalue weighted by molar-refractivity contribution is 5.13. The molecule has 1 fully saturated rings. The first-order valence-corrected chi connectivity index (χ1v) is 6.77. The van der Waals surface area contributed by atoms with Crippen molar-refractivity contribution < 1.29 is 0 Å². The Morgan fingerprint density at radius 2 is 1.53 bits per heavy atom. The minimum Gasteiger partial charge on any atom is -0.369 e. The van der Waals surface area contributed by atoms with Crippen LogP contribution in [0.2, 0.25) is 0 Å². The first kappa shape index (κ1) is 16.2. The molecule has 1 aliphatic heterocycles. The second kappa shape index (κ2) is 7.54. The van der Waals surface area contributed by atoms with Crippen LogP contribution in [-0.4, -0.2) is 41.5 Å². The van der Waals surface area contributed by atoms with E-state index < -0.39 is 0 Å². The van der Waals surface area contributed by atoms with Crippen molar-refractivity contribution in [2.24, 2.45) is 0 Å². The molecule has 1 rings (SSSR count). The molecule has 1 aliphatic rings. The van der Waals surface area contributed by atoms with Crippen molar-refractivity contribution in [3.63, 3.8) is 0 Å². The Balaban J connectivity index is 0.00000121. The highest BCUT2D eigenvalue weighted by Gasteiger charge is 2.25. The fourth-order valence-electron chi connectivity index (χ4n) is 1.96. The lowest BCUT2D eigenvalue weighted by Crippen LogP contribution is -2.52. The van der Waals surface area contributed by atoms with E-state index in [1.165, 1.54) is 0 Å². The summed E-state index contributed by atoms with van der Waals surface area (Å²) in [5, 5.41) is 0. The van der Waals surface area contributed by atoms with Crippen LogP contribution in [0, 0.1) is 0 Å². The quantitative estimate of drug-likeness (QED) is 0.679. The van der Waals surface area contributed by atoms with Crippen LogP contribution in [0.15, 0.2) is 24.4 Å². The molecule has 0 N–H and O–H groups in total. The number of rotatable bonds is 2. The van der Waals surface area contributed by atoms with Gasteiger partial charge in [-0.1, -0.05) is 26.5 Å². The van der Waals surface area contributed by atoms with Crippen LogP contribution in [-0.2, 0) is 0 Å². The van der Waals surface area contributed by atoms with E-state index in [1.807, 2.05) is 20.8 Å². The maximum absolute atomic E-state index is 4.08. The van der Waals surface area contributed by atoms with Crippen LogP contribution < -0.4 is 0 Å². The van der Waals surface area contributed by atoms with E-state index in [0.29, 0.717) is 5.54 Å². The topological polar surface area (TPSA) is 6.48 Å². The lowest BCUT2D eigenvalue weighted by Gasteiger charge is -2.43. The summed E-state index contributed by atoms with van der Waals surface area (Å²) in [6, 6.07) is 0. The van der Waals surface area contributed by atoms with E-state index in [1.54, 1.807) is 0 Å². The van der Waals surface area contributed by atoms with Gasteiger partial charge in [0.2, 0.25) is 0 Å². The molecule has 0 bridgehead atoms. The van der Waals surface area contributed by atoms with Gasteiger partial charge in [-0.05, 0) is 33.8 Å². The van der Waals surface area contributed by atoms with Crippen LogP contribution in [0.25, 0.3) is 0 Å². The fraction of sp³-hybridized carbons (Fsp3) is 0.733. The molecular weight excluding hydrogens is 208 g/mol. The van der Waals surface area contributed by atoms with Crippen molar-refractivity contribution in [1.82, 2.24) is 9.80 Å². The maximum Gasteiger partial charge on any atom is 0.0306 e. The van der Waals surface area contributed by atoms with E-state index >= 15 is 0 Å². The Kier molecular flexibility index (Phi) is 7.21. The Labute approximate surface area is 108 Å². The number of hydrogen-bond donors (Lipinski definition) is 0. The number of hydrogen-bond acceptors (Lipinski definition) is 2. The molecule has 0 aromatic rings. The highest BCUT2D eigenvalue weighted by atomic mass is 15.3. The van der Waals surface area contributed by atoms with Crippen molar-refractivity contribution in [2.75, 3.05) is 26.2 Å². The Morgan fingerprint density at radius 3 is 1.88 bits per heavy atom. The molecule has 2 nitrogen and oxygen atoms in total. The third-order valence-electron chi connectivity index (χ3n) is 2.99. The van der Waals surface area contributed by atoms with E-state index in [2.05, 4.69) is 49.3 Å². The van der Waals surface area contributed by atoms with E-state index in [4.69, 9.17) is 0 Å². The van der Waals surface area contributed by atoms with Gasteiger partial charge in [-0.25, -0.2) is 0 Å². The molecule has 0 radical (unpaired) electrons. The summed E-state index contributed by atoms with van der Waals surface area (Å²) in [5.41, 5.74) is 1.44. The largest absolute Gasteiger partial charge is 0.369 e. The van der Waals surface area contributed by atoms with Gasteiger partial charge in [0.05, 0.1) is 0 Å². The number of allylic oxidation sites excluding steroid dienone is 2. The zero-order valence-corrected chi connectivity index (χ0v) is 12.6. The van der Waals surface area contributed by atoms with Gasteiger partial charge >= 0.3 is 0 Å². The van der Waals surface area contributed by atoms with Crippen LogP contribution in [0.1, 0.15) is 41.5 Å². The summed E-state index contributed by atoms with van der Waals surface area (Å²) < 4.78 is 0. The van der Waals surface area contributed by atoms with Crippen LogP contribution in [0.5, 0.6) is 0 Å². The molecule has 0 spiro atoms. The van der Waals surface area contributed by atoms with Crippen molar-refractivity contribution in [1.29, 1.82) is 0 Å². The number of piperazine rings is 1. The van der Waals surface area contributed by atoms with Crippen molar-refractivity contribution in [2.45, 2.75) is 47.1 Å². The molecule has 0 unspecified atom stereocenters. The summed E-state index contributed by atoms with van der Waals surface area (Å²) in [6.45, 7) is 21.4. The summed E-state index contributed by atoms with van der Waals surface area (Å²) in [5.74, 6) is 0. The standard InChI is InChI=1S/C13H24N2.C2H6/c1-6-7-12(2)14-8-10-15(11-9-14)13(3,4)5;1-2/h6-7H,2,8-11H2,1,3-5H3;1-2H3/b7-6-;. The highest BCUT2D eigenvalue weighted by Crippen LogP contribution is 2.17. The normalized spacial score (nSPS) is 17.9. The summed E-state index contributed by atoms with van der Waals surface area (Å²) in [4.78, 5) is 4.90. The summed E-state index contributed by atoms with van der Waals surface area (Å²) >= 11 is 0. The fourth-order valence-corrected chi connectivity index (χ4v) is 1.96. The zero-order chi connectivity index (χ0) is 13.5. The van der Waals surface area contributed by atoms with Gasteiger partial charge in [0.15, 0.2) is 0 Å². The third kappa shape index (κ3) is 5.40. The molecule has 17 heavy (non-hydrogen) atoms. The molecule has 0 amide bonds. The average molecular weight is 238 g/mol. The molecule has 0 aliphatic carbocycles. The second-order valence-corrected chi connectivity index (χ2v) is 5.14. The van der Waals surface area contributed by atoms with Gasteiger partial charge in [0.25, 0.3) is 0 Å². The molecule has 0 aromatic carbocycles. The number of nitrogens with zero attached hydrogens (tertiary/aromatic N) is 2. The molecular formula is C15H30N2. The molecule has 100 valence electrons. The first-order chi connectivity index (χ1) is 7.95. The minimum atomic E-state index is 0.300. The summed E-state index contributed by atoms with van der Waals surface area (Å²) in [7, 11) is 0. The van der Waals surface area contributed by atoms with Gasteiger partial charge in [-0.3, -0.25) is 4.90 Å². The van der Waals surface area contributed by atoms with Gasteiger partial charge in [0.1, 0.15) is 0 Å². The Hall–Kier alpha value is -0.760. The van der Waals surface area contributed by atoms with Crippen LogP contribution in [0.4, 0.5) is 0 Å². The zero-order valence-electron chi connectivity index (χ0n) is 12.6. The Morgan fingerprint density at radius 1 is 1.06 bits per heavy atom. The molecule has 0 saturated carbocycles. The summed E-state index contributed by atoms with van der Waals surface area (Å²) in [6.07, 6.45) is 4.14. The second-order valence-electron chi connectivity index (χ2n) is 5.14. The lowest BCUT2D eigenvalue weighted by atomic mass is 10.0. The van der Waals surface area contributed by atoms with Crippen molar-refractivity contribution in [3.8, 4) is 0 Å². The monoisotopic (exact) mass is 238 g/mol. The van der Waals surface area contributed by atoms with Gasteiger partial charge in [-0.15, -0.1) is 0 Å². The van der Waals surface area contributed by atoms with Gasteiger partial charge < -0.3 is 4.90 Å². The third-order valence-corrected chi connectivity index (χ3v) is 2.99. The molecule has 2 heteroatoms. The molecule has 0 aromatic heterocycles. The first-order valence-electron chi connectivity index (χ1n) is 6.77. The molecule has 0 atom stereocenters. The van der Waals surface area contributed by atoms with Gasteiger partial charge in [-0.2, -0.15) is 0 Å².